The van der Waals surface area contributed by atoms with E-state index in [0.717, 1.165) is 32.6 Å². The van der Waals surface area contributed by atoms with Gasteiger partial charge in [0.05, 0.1) is 6.04 Å². The molecule has 1 N–H and O–H groups in total. The number of nitrogens with zero attached hydrogens (tertiary/aromatic N) is 1. The minimum absolute atomic E-state index is 0.934. The van der Waals surface area contributed by atoms with Crippen LogP contribution in [0.25, 0.3) is 0 Å². The average Bonchev–Trinajstić information content (AvgIpc) is 2.15. The van der Waals surface area contributed by atoms with Crippen LogP contribution >= 0.6 is 0 Å². The molecule has 1 heterocycles. The zero-order valence-corrected chi connectivity index (χ0v) is 7.55. The molecule has 1 rings (SSSR count). The van der Waals surface area contributed by atoms with Gasteiger partial charge in [-0.05, 0) is 6.42 Å². The van der Waals surface area contributed by atoms with Crippen LogP contribution in [0.2, 0.25) is 0 Å². The molecule has 1 saturated heterocycles. The summed E-state index contributed by atoms with van der Waals surface area (Å²) in [6, 6.07) is 1.30. The van der Waals surface area contributed by atoms with Crippen LogP contribution in [-0.4, -0.2) is 31.1 Å². The minimum Gasteiger partial charge on any atom is -0.314 e. The normalized spacial score (nSPS) is 19.4. The highest BCUT2D eigenvalue weighted by Crippen LogP contribution is 2.14. The van der Waals surface area contributed by atoms with E-state index in [-0.39, 0.29) is 0 Å². The Labute approximate surface area is 74.9 Å². The van der Waals surface area contributed by atoms with Crippen molar-refractivity contribution < 1.29 is 0 Å². The summed E-state index contributed by atoms with van der Waals surface area (Å²) >= 11 is 0. The van der Waals surface area contributed by atoms with E-state index in [4.69, 9.17) is 0 Å². The maximum Gasteiger partial charge on any atom is 0.0648 e. The van der Waals surface area contributed by atoms with Crippen LogP contribution in [0.1, 0.15) is 6.42 Å². The molecule has 0 aromatic rings. The van der Waals surface area contributed by atoms with Gasteiger partial charge in [-0.3, -0.25) is 4.90 Å². The first-order valence-electron chi connectivity index (χ1n) is 4.43. The summed E-state index contributed by atoms with van der Waals surface area (Å²) in [4.78, 5) is 2.37. The summed E-state index contributed by atoms with van der Waals surface area (Å²) in [5, 5.41) is 3.32. The van der Waals surface area contributed by atoms with Gasteiger partial charge in [0.2, 0.25) is 0 Å². The van der Waals surface area contributed by atoms with Gasteiger partial charge in [0.1, 0.15) is 0 Å². The lowest BCUT2D eigenvalue weighted by Crippen LogP contribution is -2.44. The van der Waals surface area contributed by atoms with Crippen LogP contribution in [0, 0.1) is 6.04 Å². The first-order chi connectivity index (χ1) is 5.88. The molecule has 0 aromatic carbocycles. The standard InChI is InChI=1S/C10H17N2/c1-3-5-10(4-2)12-8-6-11-7-9-12/h3-4,11H,1-2,5-9H2/i8+2. The molecule has 2 heteroatoms. The van der Waals surface area contributed by atoms with Gasteiger partial charge in [-0.2, -0.15) is 0 Å². The Bertz CT molecular complexity index is 148. The molecule has 1 fully saturated rings. The average molecular weight is 167 g/mol. The molecular weight excluding hydrogens is 150 g/mol. The number of hydrogen-bond donors (Lipinski definition) is 1. The Morgan fingerprint density at radius 3 is 2.92 bits per heavy atom. The van der Waals surface area contributed by atoms with Gasteiger partial charge in [-0.1, -0.05) is 12.2 Å². The lowest BCUT2D eigenvalue weighted by Gasteiger charge is -2.31. The molecule has 12 heavy (non-hydrogen) atoms. The quantitative estimate of drug-likeness (QED) is 0.633. The highest BCUT2D eigenvalue weighted by molar-refractivity contribution is 5.09. The SMILES string of the molecule is C=CC[C](C=C)N1CCNC[14CH2]1. The van der Waals surface area contributed by atoms with Crippen LogP contribution in [0.5, 0.6) is 0 Å². The molecule has 0 bridgehead atoms. The first kappa shape index (κ1) is 9.49. The molecule has 0 saturated carbocycles. The third kappa shape index (κ3) is 2.47. The molecule has 0 atom stereocenters. The molecule has 1 aliphatic rings. The predicted molar refractivity (Wildman–Crippen MR) is 52.7 cm³/mol. The highest BCUT2D eigenvalue weighted by Gasteiger charge is 2.16. The van der Waals surface area contributed by atoms with Crippen LogP contribution < -0.4 is 5.32 Å². The molecule has 0 amide bonds. The van der Waals surface area contributed by atoms with Gasteiger partial charge in [0.15, 0.2) is 0 Å². The van der Waals surface area contributed by atoms with E-state index in [9.17, 15) is 0 Å². The molecule has 0 aliphatic carbocycles. The van der Waals surface area contributed by atoms with E-state index >= 15 is 0 Å². The molecule has 1 aliphatic heterocycles. The monoisotopic (exact) mass is 167 g/mol. The predicted octanol–water partition coefficient (Wildman–Crippen LogP) is 1.19. The molecular formula is C10H17N2. The first-order valence-corrected chi connectivity index (χ1v) is 4.43. The highest BCUT2D eigenvalue weighted by atomic mass is 15.6. The van der Waals surface area contributed by atoms with Crippen LogP contribution in [0.15, 0.2) is 25.3 Å². The summed E-state index contributed by atoms with van der Waals surface area (Å²) in [5.41, 5.74) is 0. The van der Waals surface area contributed by atoms with Crippen molar-refractivity contribution in [1.29, 1.82) is 0 Å². The van der Waals surface area contributed by atoms with E-state index < -0.39 is 0 Å². The van der Waals surface area contributed by atoms with Crippen LogP contribution in [0.4, 0.5) is 0 Å². The fourth-order valence-electron chi connectivity index (χ4n) is 1.44. The van der Waals surface area contributed by atoms with Gasteiger partial charge < -0.3 is 5.32 Å². The second-order valence-corrected chi connectivity index (χ2v) is 2.93. The van der Waals surface area contributed by atoms with Crippen molar-refractivity contribution in [2.24, 2.45) is 0 Å². The van der Waals surface area contributed by atoms with Gasteiger partial charge in [0, 0.05) is 26.2 Å². The lowest BCUT2D eigenvalue weighted by molar-refractivity contribution is 0.262. The van der Waals surface area contributed by atoms with E-state index in [2.05, 4.69) is 23.4 Å². The van der Waals surface area contributed by atoms with E-state index in [0.29, 0.717) is 0 Å². The second kappa shape index (κ2) is 5.12. The second-order valence-electron chi connectivity index (χ2n) is 2.93. The Balaban J connectivity index is 2.39. The van der Waals surface area contributed by atoms with Crippen molar-refractivity contribution >= 4 is 0 Å². The maximum absolute atomic E-state index is 3.81. The van der Waals surface area contributed by atoms with Gasteiger partial charge in [-0.25, -0.2) is 0 Å². The van der Waals surface area contributed by atoms with Crippen molar-refractivity contribution in [1.82, 2.24) is 10.2 Å². The summed E-state index contributed by atoms with van der Waals surface area (Å²) in [7, 11) is 0. The molecule has 0 unspecified atom stereocenters. The van der Waals surface area contributed by atoms with Crippen molar-refractivity contribution in [2.45, 2.75) is 6.42 Å². The van der Waals surface area contributed by atoms with Crippen LogP contribution in [-0.2, 0) is 0 Å². The summed E-state index contributed by atoms with van der Waals surface area (Å²) in [6.45, 7) is 11.9. The third-order valence-electron chi connectivity index (χ3n) is 2.11. The molecule has 2 nitrogen and oxygen atoms in total. The minimum atomic E-state index is 0.934. The van der Waals surface area contributed by atoms with Crippen molar-refractivity contribution in [3.8, 4) is 0 Å². The van der Waals surface area contributed by atoms with Crippen molar-refractivity contribution in [3.63, 3.8) is 0 Å². The van der Waals surface area contributed by atoms with Crippen molar-refractivity contribution in [2.75, 3.05) is 26.2 Å². The maximum atomic E-state index is 3.81. The lowest BCUT2D eigenvalue weighted by atomic mass is 10.2. The third-order valence-corrected chi connectivity index (χ3v) is 2.11. The van der Waals surface area contributed by atoms with Gasteiger partial charge in [-0.15, -0.1) is 13.2 Å². The molecule has 67 valence electrons. The van der Waals surface area contributed by atoms with Crippen molar-refractivity contribution in [3.05, 3.63) is 31.4 Å². The van der Waals surface area contributed by atoms with E-state index in [1.54, 1.807) is 0 Å². The zero-order chi connectivity index (χ0) is 8.81. The fourth-order valence-corrected chi connectivity index (χ4v) is 1.44. The van der Waals surface area contributed by atoms with E-state index in [1.807, 2.05) is 12.2 Å². The van der Waals surface area contributed by atoms with Crippen LogP contribution in [0.3, 0.4) is 0 Å². The molecule has 1 radical (unpaired) electrons. The number of nitrogens with one attached hydrogen (secondary N) is 1. The molecule has 0 spiro atoms. The Morgan fingerprint density at radius 1 is 1.58 bits per heavy atom. The Kier molecular flexibility index (Phi) is 4.05. The number of hydrogen-bond acceptors (Lipinski definition) is 2. The molecule has 0 aromatic heterocycles. The summed E-state index contributed by atoms with van der Waals surface area (Å²) in [6.07, 6.45) is 4.80. The summed E-state index contributed by atoms with van der Waals surface area (Å²) < 4.78 is 0. The largest absolute Gasteiger partial charge is 0.314 e. The smallest absolute Gasteiger partial charge is 0.0648 e. The Morgan fingerprint density at radius 2 is 2.42 bits per heavy atom. The zero-order valence-electron chi connectivity index (χ0n) is 7.55. The van der Waals surface area contributed by atoms with Gasteiger partial charge in [0.25, 0.3) is 0 Å². The topological polar surface area (TPSA) is 15.3 Å². The summed E-state index contributed by atoms with van der Waals surface area (Å²) in [5.74, 6) is 0. The Hall–Kier alpha value is -0.600. The number of rotatable bonds is 4. The van der Waals surface area contributed by atoms with E-state index in [1.165, 1.54) is 6.04 Å². The number of piperazine rings is 1. The fraction of sp³-hybridized carbons (Fsp3) is 0.500. The van der Waals surface area contributed by atoms with Gasteiger partial charge >= 0.3 is 0 Å².